The zero-order chi connectivity index (χ0) is 14.3. The van der Waals surface area contributed by atoms with Gasteiger partial charge >= 0.3 is 0 Å². The molecule has 6 heteroatoms. The van der Waals surface area contributed by atoms with Crippen LogP contribution in [0.5, 0.6) is 0 Å². The number of nitrogens with zero attached hydrogens (tertiary/aromatic N) is 3. The lowest BCUT2D eigenvalue weighted by molar-refractivity contribution is -0.130. The fraction of sp³-hybridized carbons (Fsp3) is 0.357. The number of hydrogen-bond acceptors (Lipinski definition) is 4. The summed E-state index contributed by atoms with van der Waals surface area (Å²) < 4.78 is 1.47. The van der Waals surface area contributed by atoms with Gasteiger partial charge in [0.15, 0.2) is 0 Å². The molecule has 1 aliphatic heterocycles. The maximum atomic E-state index is 12.5. The molecule has 3 heterocycles. The first-order valence-electron chi connectivity index (χ1n) is 6.49. The minimum absolute atomic E-state index is 0.0277. The van der Waals surface area contributed by atoms with E-state index in [0.717, 1.165) is 9.71 Å². The van der Waals surface area contributed by atoms with Crippen molar-refractivity contribution in [2.45, 2.75) is 19.4 Å². The van der Waals surface area contributed by atoms with Gasteiger partial charge in [-0.1, -0.05) is 6.08 Å². The number of aromatic nitrogens is 2. The van der Waals surface area contributed by atoms with Crippen LogP contribution in [0.1, 0.15) is 17.3 Å². The van der Waals surface area contributed by atoms with E-state index in [9.17, 15) is 9.59 Å². The second kappa shape index (κ2) is 4.86. The highest BCUT2D eigenvalue weighted by Crippen LogP contribution is 2.24. The quantitative estimate of drug-likeness (QED) is 0.809. The highest BCUT2D eigenvalue weighted by atomic mass is 32.1. The van der Waals surface area contributed by atoms with Crippen molar-refractivity contribution in [3.05, 3.63) is 40.3 Å². The zero-order valence-electron chi connectivity index (χ0n) is 11.2. The predicted molar refractivity (Wildman–Crippen MR) is 79.0 cm³/mol. The molecular formula is C14H15N3O2S. The normalized spacial score (nSPS) is 18.9. The SMILES string of the molecule is C=CCN1CCC(n2cnc3sc(C)cc3c2=O)C1=O. The lowest BCUT2D eigenvalue weighted by atomic mass is 10.2. The van der Waals surface area contributed by atoms with E-state index in [1.807, 2.05) is 13.0 Å². The summed E-state index contributed by atoms with van der Waals surface area (Å²) in [4.78, 5) is 32.6. The summed E-state index contributed by atoms with van der Waals surface area (Å²) in [5.74, 6) is -0.0277. The Kier molecular flexibility index (Phi) is 3.17. The average molecular weight is 289 g/mol. The zero-order valence-corrected chi connectivity index (χ0v) is 12.0. The number of amides is 1. The monoisotopic (exact) mass is 289 g/mol. The summed E-state index contributed by atoms with van der Waals surface area (Å²) >= 11 is 1.49. The number of carbonyl (C=O) groups excluding carboxylic acids is 1. The number of rotatable bonds is 3. The number of hydrogen-bond donors (Lipinski definition) is 0. The fourth-order valence-electron chi connectivity index (χ4n) is 2.60. The third-order valence-corrected chi connectivity index (χ3v) is 4.51. The van der Waals surface area contributed by atoms with Gasteiger partial charge in [0.05, 0.1) is 11.7 Å². The molecule has 1 saturated heterocycles. The van der Waals surface area contributed by atoms with Crippen molar-refractivity contribution >= 4 is 27.5 Å². The van der Waals surface area contributed by atoms with Crippen LogP contribution in [0.15, 0.2) is 29.8 Å². The Morgan fingerprint density at radius 3 is 3.10 bits per heavy atom. The average Bonchev–Trinajstić information content (AvgIpc) is 2.96. The summed E-state index contributed by atoms with van der Waals surface area (Å²) in [5, 5.41) is 0.602. The Morgan fingerprint density at radius 2 is 2.35 bits per heavy atom. The molecule has 104 valence electrons. The summed E-state index contributed by atoms with van der Waals surface area (Å²) in [5.41, 5.74) is -0.127. The molecule has 1 amide bonds. The minimum Gasteiger partial charge on any atom is -0.337 e. The second-order valence-electron chi connectivity index (χ2n) is 4.91. The third kappa shape index (κ3) is 1.96. The van der Waals surface area contributed by atoms with Crippen LogP contribution >= 0.6 is 11.3 Å². The number of thiophene rings is 1. The molecule has 0 aliphatic carbocycles. The first-order chi connectivity index (χ1) is 9.61. The third-order valence-electron chi connectivity index (χ3n) is 3.55. The minimum atomic E-state index is -0.431. The van der Waals surface area contributed by atoms with Crippen LogP contribution in [0.25, 0.3) is 10.2 Å². The van der Waals surface area contributed by atoms with Gasteiger partial charge in [-0.25, -0.2) is 4.98 Å². The largest absolute Gasteiger partial charge is 0.337 e. The van der Waals surface area contributed by atoms with Gasteiger partial charge in [-0.05, 0) is 19.4 Å². The van der Waals surface area contributed by atoms with Crippen molar-refractivity contribution in [3.8, 4) is 0 Å². The van der Waals surface area contributed by atoms with Crippen LogP contribution in [-0.2, 0) is 4.79 Å². The molecule has 0 saturated carbocycles. The van der Waals surface area contributed by atoms with E-state index in [0.29, 0.717) is 24.9 Å². The van der Waals surface area contributed by atoms with Crippen molar-refractivity contribution in [1.29, 1.82) is 0 Å². The van der Waals surface area contributed by atoms with Gasteiger partial charge in [0.25, 0.3) is 5.56 Å². The Labute approximate surface area is 120 Å². The number of likely N-dealkylation sites (tertiary alicyclic amines) is 1. The lowest BCUT2D eigenvalue weighted by Crippen LogP contribution is -2.32. The van der Waals surface area contributed by atoms with E-state index >= 15 is 0 Å². The predicted octanol–water partition coefficient (Wildman–Crippen LogP) is 1.73. The van der Waals surface area contributed by atoms with E-state index in [1.54, 1.807) is 11.0 Å². The first kappa shape index (κ1) is 13.1. The summed E-state index contributed by atoms with van der Waals surface area (Å²) in [6.45, 7) is 6.77. The number of fused-ring (bicyclic) bond motifs is 1. The maximum Gasteiger partial charge on any atom is 0.262 e. The summed E-state index contributed by atoms with van der Waals surface area (Å²) in [6.07, 6.45) is 3.84. The standard InChI is InChI=1S/C14H15N3O2S/c1-3-5-16-6-4-11(14(16)19)17-8-15-12-10(13(17)18)7-9(2)20-12/h3,7-8,11H,1,4-6H2,2H3. The molecule has 2 aromatic heterocycles. The van der Waals surface area contributed by atoms with Crippen LogP contribution in [-0.4, -0.2) is 33.4 Å². The van der Waals surface area contributed by atoms with Gasteiger partial charge < -0.3 is 4.90 Å². The highest BCUT2D eigenvalue weighted by molar-refractivity contribution is 7.18. The van der Waals surface area contributed by atoms with Crippen molar-refractivity contribution in [1.82, 2.24) is 14.5 Å². The molecule has 1 unspecified atom stereocenters. The van der Waals surface area contributed by atoms with Crippen molar-refractivity contribution in [3.63, 3.8) is 0 Å². The molecule has 0 N–H and O–H groups in total. The molecule has 0 aromatic carbocycles. The van der Waals surface area contributed by atoms with Gasteiger partial charge in [0.1, 0.15) is 10.9 Å². The summed E-state index contributed by atoms with van der Waals surface area (Å²) in [7, 11) is 0. The molecule has 3 rings (SSSR count). The Bertz CT molecular complexity index is 746. The number of carbonyl (C=O) groups is 1. The highest BCUT2D eigenvalue weighted by Gasteiger charge is 2.33. The Balaban J connectivity index is 2.03. The molecule has 5 nitrogen and oxygen atoms in total. The molecule has 1 aliphatic rings. The molecule has 1 fully saturated rings. The van der Waals surface area contributed by atoms with Crippen LogP contribution in [0, 0.1) is 6.92 Å². The van der Waals surface area contributed by atoms with Crippen molar-refractivity contribution in [2.24, 2.45) is 0 Å². The van der Waals surface area contributed by atoms with Gasteiger partial charge in [0, 0.05) is 18.0 Å². The fourth-order valence-corrected chi connectivity index (χ4v) is 3.43. The van der Waals surface area contributed by atoms with E-state index in [2.05, 4.69) is 11.6 Å². The molecule has 2 aromatic rings. The van der Waals surface area contributed by atoms with Crippen molar-refractivity contribution in [2.75, 3.05) is 13.1 Å². The van der Waals surface area contributed by atoms with Gasteiger partial charge in [0.2, 0.25) is 5.91 Å². The lowest BCUT2D eigenvalue weighted by Gasteiger charge is -2.15. The van der Waals surface area contributed by atoms with Crippen LogP contribution < -0.4 is 5.56 Å². The molecule has 0 spiro atoms. The van der Waals surface area contributed by atoms with Crippen LogP contribution in [0.2, 0.25) is 0 Å². The van der Waals surface area contributed by atoms with Crippen LogP contribution in [0.4, 0.5) is 0 Å². The summed E-state index contributed by atoms with van der Waals surface area (Å²) in [6, 6.07) is 1.41. The van der Waals surface area contributed by atoms with Crippen LogP contribution in [0.3, 0.4) is 0 Å². The van der Waals surface area contributed by atoms with E-state index in [1.165, 1.54) is 22.2 Å². The first-order valence-corrected chi connectivity index (χ1v) is 7.30. The molecule has 0 radical (unpaired) electrons. The van der Waals surface area contributed by atoms with E-state index in [4.69, 9.17) is 0 Å². The van der Waals surface area contributed by atoms with Gasteiger partial charge in [-0.2, -0.15) is 0 Å². The molecule has 20 heavy (non-hydrogen) atoms. The molecule has 1 atom stereocenters. The van der Waals surface area contributed by atoms with E-state index in [-0.39, 0.29) is 11.5 Å². The topological polar surface area (TPSA) is 55.2 Å². The smallest absolute Gasteiger partial charge is 0.262 e. The number of aryl methyl sites for hydroxylation is 1. The van der Waals surface area contributed by atoms with Gasteiger partial charge in [-0.3, -0.25) is 14.2 Å². The molecule has 0 bridgehead atoms. The van der Waals surface area contributed by atoms with E-state index < -0.39 is 6.04 Å². The molecular weight excluding hydrogens is 274 g/mol. The van der Waals surface area contributed by atoms with Crippen molar-refractivity contribution < 1.29 is 4.79 Å². The Morgan fingerprint density at radius 1 is 1.55 bits per heavy atom. The Hall–Kier alpha value is -1.95. The second-order valence-corrected chi connectivity index (χ2v) is 6.15. The van der Waals surface area contributed by atoms with Gasteiger partial charge in [-0.15, -0.1) is 17.9 Å². The maximum absolute atomic E-state index is 12.5.